The predicted octanol–water partition coefficient (Wildman–Crippen LogP) is 2.74. The highest BCUT2D eigenvalue weighted by atomic mass is 127. The number of hydrazone groups is 1. The van der Waals surface area contributed by atoms with E-state index >= 15 is 0 Å². The fourth-order valence-corrected chi connectivity index (χ4v) is 2.56. The number of rotatable bonds is 8. The van der Waals surface area contributed by atoms with Crippen LogP contribution in [0.15, 0.2) is 66.3 Å². The van der Waals surface area contributed by atoms with Crippen molar-refractivity contribution in [2.75, 3.05) is 13.2 Å². The van der Waals surface area contributed by atoms with Gasteiger partial charge in [0.25, 0.3) is 11.8 Å². The van der Waals surface area contributed by atoms with Crippen molar-refractivity contribution >= 4 is 40.6 Å². The zero-order valence-electron chi connectivity index (χ0n) is 13.9. The summed E-state index contributed by atoms with van der Waals surface area (Å²) in [5, 5.41) is 6.43. The van der Waals surface area contributed by atoms with Gasteiger partial charge in [-0.15, -0.1) is 0 Å². The minimum atomic E-state index is -0.411. The lowest BCUT2D eigenvalue weighted by Crippen LogP contribution is -2.35. The number of nitrogens with one attached hydrogen (secondary N) is 2. The van der Waals surface area contributed by atoms with Crippen LogP contribution in [0.1, 0.15) is 15.9 Å². The van der Waals surface area contributed by atoms with Crippen LogP contribution in [-0.4, -0.2) is 31.2 Å². The van der Waals surface area contributed by atoms with Crippen LogP contribution < -0.4 is 15.5 Å². The van der Waals surface area contributed by atoms with Crippen molar-refractivity contribution in [3.63, 3.8) is 0 Å². The predicted molar refractivity (Wildman–Crippen MR) is 109 cm³/mol. The van der Waals surface area contributed by atoms with E-state index in [1.165, 1.54) is 6.21 Å². The summed E-state index contributed by atoms with van der Waals surface area (Å²) in [6.45, 7) is 3.87. The van der Waals surface area contributed by atoms with Crippen LogP contribution in [0.2, 0.25) is 0 Å². The van der Waals surface area contributed by atoms with E-state index in [1.807, 2.05) is 24.3 Å². The van der Waals surface area contributed by atoms with E-state index in [9.17, 15) is 9.59 Å². The van der Waals surface area contributed by atoms with Crippen LogP contribution in [-0.2, 0) is 4.79 Å². The Morgan fingerprint density at radius 2 is 1.88 bits per heavy atom. The molecule has 0 bridgehead atoms. The van der Waals surface area contributed by atoms with E-state index < -0.39 is 5.91 Å². The second-order valence-electron chi connectivity index (χ2n) is 5.12. The number of halogens is 1. The van der Waals surface area contributed by atoms with Crippen molar-refractivity contribution < 1.29 is 14.3 Å². The zero-order valence-corrected chi connectivity index (χ0v) is 16.1. The van der Waals surface area contributed by atoms with E-state index in [-0.39, 0.29) is 12.5 Å². The van der Waals surface area contributed by atoms with Gasteiger partial charge in [0.05, 0.1) is 18.3 Å². The first kappa shape index (κ1) is 19.6. The molecule has 0 fully saturated rings. The van der Waals surface area contributed by atoms with Crippen LogP contribution in [0, 0.1) is 3.57 Å². The normalized spacial score (nSPS) is 10.3. The lowest BCUT2D eigenvalue weighted by atomic mass is 10.2. The van der Waals surface area contributed by atoms with Crippen LogP contribution >= 0.6 is 22.6 Å². The molecule has 0 atom stereocenters. The smallest absolute Gasteiger partial charge is 0.259 e. The molecule has 0 aliphatic rings. The Morgan fingerprint density at radius 1 is 1.15 bits per heavy atom. The lowest BCUT2D eigenvalue weighted by Gasteiger charge is -2.06. The maximum Gasteiger partial charge on any atom is 0.259 e. The molecule has 0 spiro atoms. The minimum Gasteiger partial charge on any atom is -0.490 e. The van der Waals surface area contributed by atoms with Gasteiger partial charge in [-0.25, -0.2) is 5.43 Å². The molecule has 0 aliphatic heterocycles. The lowest BCUT2D eigenvalue weighted by molar-refractivity contribution is -0.120. The second-order valence-corrected chi connectivity index (χ2v) is 6.29. The summed E-state index contributed by atoms with van der Waals surface area (Å²) in [5.74, 6) is 0.0139. The maximum absolute atomic E-state index is 12.0. The van der Waals surface area contributed by atoms with Crippen molar-refractivity contribution in [2.45, 2.75) is 0 Å². The summed E-state index contributed by atoms with van der Waals surface area (Å²) in [5.41, 5.74) is 3.71. The Hall–Kier alpha value is -2.68. The second kappa shape index (κ2) is 10.3. The van der Waals surface area contributed by atoms with Gasteiger partial charge in [0, 0.05) is 3.57 Å². The monoisotopic (exact) mass is 463 g/mol. The Kier molecular flexibility index (Phi) is 7.81. The maximum atomic E-state index is 12.0. The third-order valence-corrected chi connectivity index (χ3v) is 4.12. The molecular formula is C19H18IN3O3. The van der Waals surface area contributed by atoms with Crippen LogP contribution in [0.4, 0.5) is 0 Å². The Labute approximate surface area is 165 Å². The highest BCUT2D eigenvalue weighted by molar-refractivity contribution is 14.1. The molecular weight excluding hydrogens is 445 g/mol. The fraction of sp³-hybridized carbons (Fsp3) is 0.105. The van der Waals surface area contributed by atoms with Gasteiger partial charge in [0.15, 0.2) is 0 Å². The quantitative estimate of drug-likeness (QED) is 0.274. The average molecular weight is 463 g/mol. The number of hydrogen-bond donors (Lipinski definition) is 2. The van der Waals surface area contributed by atoms with Crippen LogP contribution in [0.25, 0.3) is 0 Å². The third kappa shape index (κ3) is 6.32. The molecule has 0 aliphatic carbocycles. The van der Waals surface area contributed by atoms with E-state index in [0.29, 0.717) is 12.2 Å². The van der Waals surface area contributed by atoms with Gasteiger partial charge in [-0.1, -0.05) is 24.8 Å². The first-order valence-electron chi connectivity index (χ1n) is 7.78. The molecule has 6 nitrogen and oxygen atoms in total. The molecule has 0 radical (unpaired) electrons. The van der Waals surface area contributed by atoms with E-state index in [0.717, 1.165) is 14.9 Å². The summed E-state index contributed by atoms with van der Waals surface area (Å²) in [6, 6.07) is 14.4. The summed E-state index contributed by atoms with van der Waals surface area (Å²) >= 11 is 2.07. The molecule has 0 saturated heterocycles. The molecule has 2 N–H and O–H groups in total. The van der Waals surface area contributed by atoms with Gasteiger partial charge in [0.2, 0.25) is 0 Å². The molecule has 0 heterocycles. The van der Waals surface area contributed by atoms with Crippen molar-refractivity contribution in [3.05, 3.63) is 75.9 Å². The number of hydrogen-bond acceptors (Lipinski definition) is 4. The van der Waals surface area contributed by atoms with Gasteiger partial charge in [0.1, 0.15) is 12.4 Å². The van der Waals surface area contributed by atoms with Gasteiger partial charge >= 0.3 is 0 Å². The van der Waals surface area contributed by atoms with E-state index in [4.69, 9.17) is 4.74 Å². The van der Waals surface area contributed by atoms with Gasteiger partial charge < -0.3 is 10.1 Å². The van der Waals surface area contributed by atoms with Gasteiger partial charge in [-0.05, 0) is 64.6 Å². The van der Waals surface area contributed by atoms with E-state index in [2.05, 4.69) is 45.0 Å². The molecule has 0 unspecified atom stereocenters. The summed E-state index contributed by atoms with van der Waals surface area (Å²) < 4.78 is 6.20. The number of carbonyl (C=O) groups excluding carboxylic acids is 2. The first-order valence-corrected chi connectivity index (χ1v) is 8.86. The Morgan fingerprint density at radius 3 is 2.58 bits per heavy atom. The number of nitrogens with zero attached hydrogens (tertiary/aromatic N) is 1. The number of carbonyl (C=O) groups is 2. The molecule has 2 rings (SSSR count). The van der Waals surface area contributed by atoms with Crippen molar-refractivity contribution in [1.29, 1.82) is 0 Å². The molecule has 0 saturated carbocycles. The molecule has 26 heavy (non-hydrogen) atoms. The Balaban J connectivity index is 1.77. The fourth-order valence-electron chi connectivity index (χ4n) is 1.92. The van der Waals surface area contributed by atoms with Crippen molar-refractivity contribution in [1.82, 2.24) is 10.7 Å². The Bertz CT molecular complexity index is 804. The average Bonchev–Trinajstić information content (AvgIpc) is 2.66. The van der Waals surface area contributed by atoms with Crippen molar-refractivity contribution in [2.24, 2.45) is 5.10 Å². The molecule has 2 aromatic carbocycles. The van der Waals surface area contributed by atoms with Crippen LogP contribution in [0.5, 0.6) is 5.75 Å². The minimum absolute atomic E-state index is 0.157. The number of ether oxygens (including phenoxy) is 1. The van der Waals surface area contributed by atoms with Crippen molar-refractivity contribution in [3.8, 4) is 5.75 Å². The number of amides is 2. The standard InChI is InChI=1S/C19H18IN3O3/c1-2-11-26-15-9-7-14(8-10-15)12-22-23-18(24)13-21-19(25)16-5-3-4-6-17(16)20/h2-10,12H,1,11,13H2,(H,21,25)(H,23,24)/b22-12-. The summed E-state index contributed by atoms with van der Waals surface area (Å²) in [6.07, 6.45) is 3.18. The highest BCUT2D eigenvalue weighted by Crippen LogP contribution is 2.11. The molecule has 2 aromatic rings. The topological polar surface area (TPSA) is 79.8 Å². The molecule has 7 heteroatoms. The third-order valence-electron chi connectivity index (χ3n) is 3.18. The molecule has 2 amide bonds. The zero-order chi connectivity index (χ0) is 18.8. The van der Waals surface area contributed by atoms with Gasteiger partial charge in [-0.2, -0.15) is 5.10 Å². The first-order chi connectivity index (χ1) is 12.6. The highest BCUT2D eigenvalue weighted by Gasteiger charge is 2.10. The largest absolute Gasteiger partial charge is 0.490 e. The van der Waals surface area contributed by atoms with E-state index in [1.54, 1.807) is 30.3 Å². The molecule has 0 aromatic heterocycles. The molecule has 134 valence electrons. The van der Waals surface area contributed by atoms with Crippen LogP contribution in [0.3, 0.4) is 0 Å². The van der Waals surface area contributed by atoms with Gasteiger partial charge in [-0.3, -0.25) is 9.59 Å². The summed E-state index contributed by atoms with van der Waals surface area (Å²) in [4.78, 5) is 23.8. The summed E-state index contributed by atoms with van der Waals surface area (Å²) in [7, 11) is 0. The SMILES string of the molecule is C=CCOc1ccc(/C=N\NC(=O)CNC(=O)c2ccccc2I)cc1. The number of benzene rings is 2.